The van der Waals surface area contributed by atoms with Gasteiger partial charge < -0.3 is 4.74 Å². The number of carbonyl (C=O) groups is 2. The monoisotopic (exact) mass is 504 g/mol. The molecule has 0 aliphatic carbocycles. The molecule has 7 heteroatoms. The molecule has 1 N–H and O–H groups in total. The maximum atomic E-state index is 12.9. The van der Waals surface area contributed by atoms with E-state index in [-0.39, 0.29) is 5.57 Å². The van der Waals surface area contributed by atoms with Gasteiger partial charge in [0.25, 0.3) is 11.8 Å². The number of carbonyl (C=O) groups excluding carboxylic acids is 2. The Balaban J connectivity index is 2.01. The highest BCUT2D eigenvalue weighted by Crippen LogP contribution is 2.35. The van der Waals surface area contributed by atoms with Gasteiger partial charge in [-0.2, -0.15) is 0 Å². The predicted molar refractivity (Wildman–Crippen MR) is 117 cm³/mol. The second-order valence-electron chi connectivity index (χ2n) is 6.31. The summed E-state index contributed by atoms with van der Waals surface area (Å²) in [6, 6.07) is 9.20. The van der Waals surface area contributed by atoms with Gasteiger partial charge in [0.15, 0.2) is 0 Å². The summed E-state index contributed by atoms with van der Waals surface area (Å²) in [4.78, 5) is 25.4. The third-order valence-electron chi connectivity index (χ3n) is 4.32. The van der Waals surface area contributed by atoms with Crippen molar-refractivity contribution in [3.63, 3.8) is 0 Å². The highest BCUT2D eigenvalue weighted by molar-refractivity contribution is 9.11. The number of ether oxygens (including phenoxy) is 1. The molecular formula is C21H18Br2N2O3. The first kappa shape index (κ1) is 20.4. The molecule has 0 aromatic heterocycles. The highest BCUT2D eigenvalue weighted by Gasteiger charge is 2.35. The number of nitrogens with zero attached hydrogens (tertiary/aromatic N) is 1. The van der Waals surface area contributed by atoms with E-state index in [9.17, 15) is 9.59 Å². The van der Waals surface area contributed by atoms with Crippen LogP contribution >= 0.6 is 31.9 Å². The SMILES string of the molecule is C=CCOc1c(Br)cc(Br)cc1C=C1C(=O)NN(c2ccc(C)c(C)c2)C1=O. The summed E-state index contributed by atoms with van der Waals surface area (Å²) in [5.41, 5.74) is 6.02. The normalized spacial score (nSPS) is 15.1. The summed E-state index contributed by atoms with van der Waals surface area (Å²) in [6.07, 6.45) is 3.16. The summed E-state index contributed by atoms with van der Waals surface area (Å²) in [5.74, 6) is -0.353. The summed E-state index contributed by atoms with van der Waals surface area (Å²) in [6.45, 7) is 7.89. The number of rotatable bonds is 5. The Morgan fingerprint density at radius 3 is 2.57 bits per heavy atom. The Kier molecular flexibility index (Phi) is 6.05. The number of aryl methyl sites for hydroxylation is 2. The Hall–Kier alpha value is -2.38. The van der Waals surface area contributed by atoms with Crippen LogP contribution in [0.1, 0.15) is 16.7 Å². The van der Waals surface area contributed by atoms with Gasteiger partial charge in [-0.15, -0.1) is 0 Å². The second kappa shape index (κ2) is 8.32. The predicted octanol–water partition coefficient (Wildman–Crippen LogP) is 4.85. The van der Waals surface area contributed by atoms with Crippen molar-refractivity contribution in [1.82, 2.24) is 5.43 Å². The maximum Gasteiger partial charge on any atom is 0.282 e. The standard InChI is InChI=1S/C21H18Br2N2O3/c1-4-7-28-19-14(9-15(22)11-18(19)23)10-17-20(26)24-25(21(17)27)16-6-5-12(2)13(3)8-16/h4-6,8-11H,1,7H2,2-3H3,(H,24,26). The van der Waals surface area contributed by atoms with Gasteiger partial charge in [0.2, 0.25) is 0 Å². The number of hydrogen-bond acceptors (Lipinski definition) is 3. The fourth-order valence-electron chi connectivity index (χ4n) is 2.74. The van der Waals surface area contributed by atoms with Gasteiger partial charge in [-0.05, 0) is 71.2 Å². The zero-order valence-corrected chi connectivity index (χ0v) is 18.6. The molecule has 2 aromatic rings. The van der Waals surface area contributed by atoms with Gasteiger partial charge in [0, 0.05) is 10.0 Å². The first-order chi connectivity index (χ1) is 13.3. The second-order valence-corrected chi connectivity index (χ2v) is 8.08. The molecule has 1 aliphatic rings. The molecule has 0 unspecified atom stereocenters. The molecule has 0 spiro atoms. The van der Waals surface area contributed by atoms with Crippen molar-refractivity contribution >= 4 is 55.4 Å². The molecule has 1 saturated heterocycles. The molecule has 144 valence electrons. The van der Waals surface area contributed by atoms with E-state index < -0.39 is 11.8 Å². The van der Waals surface area contributed by atoms with E-state index in [1.165, 1.54) is 11.1 Å². The van der Waals surface area contributed by atoms with Gasteiger partial charge in [-0.1, -0.05) is 34.7 Å². The molecule has 0 bridgehead atoms. The minimum Gasteiger partial charge on any atom is -0.488 e. The molecule has 0 atom stereocenters. The zero-order chi connectivity index (χ0) is 20.4. The molecule has 3 rings (SSSR count). The van der Waals surface area contributed by atoms with Crippen LogP contribution in [0.25, 0.3) is 6.08 Å². The van der Waals surface area contributed by atoms with Crippen LogP contribution in [0.5, 0.6) is 5.75 Å². The Morgan fingerprint density at radius 2 is 1.89 bits per heavy atom. The molecule has 0 radical (unpaired) electrons. The van der Waals surface area contributed by atoms with Crippen LogP contribution in [0.4, 0.5) is 5.69 Å². The van der Waals surface area contributed by atoms with E-state index in [2.05, 4.69) is 43.9 Å². The topological polar surface area (TPSA) is 58.6 Å². The van der Waals surface area contributed by atoms with Crippen LogP contribution in [-0.2, 0) is 9.59 Å². The van der Waals surface area contributed by atoms with Crippen LogP contribution in [0.2, 0.25) is 0 Å². The van der Waals surface area contributed by atoms with Gasteiger partial charge in [-0.3, -0.25) is 15.0 Å². The lowest BCUT2D eigenvalue weighted by atomic mass is 10.1. The van der Waals surface area contributed by atoms with Gasteiger partial charge in [-0.25, -0.2) is 5.01 Å². The van der Waals surface area contributed by atoms with Crippen LogP contribution in [0.15, 0.2) is 57.5 Å². The number of anilines is 1. The van der Waals surface area contributed by atoms with Gasteiger partial charge in [0.05, 0.1) is 10.2 Å². The fraction of sp³-hybridized carbons (Fsp3) is 0.143. The first-order valence-electron chi connectivity index (χ1n) is 8.49. The summed E-state index contributed by atoms with van der Waals surface area (Å²) < 4.78 is 7.19. The molecule has 2 amide bonds. The fourth-order valence-corrected chi connectivity index (χ4v) is 4.11. The Labute approximate surface area is 180 Å². The average Bonchev–Trinajstić information content (AvgIpc) is 2.91. The summed E-state index contributed by atoms with van der Waals surface area (Å²) in [7, 11) is 0. The van der Waals surface area contributed by atoms with Gasteiger partial charge >= 0.3 is 0 Å². The Bertz CT molecular complexity index is 1010. The molecule has 2 aromatic carbocycles. The molecular weight excluding hydrogens is 488 g/mol. The molecule has 1 heterocycles. The van der Waals surface area contributed by atoms with Crippen LogP contribution in [-0.4, -0.2) is 18.4 Å². The quantitative estimate of drug-likeness (QED) is 0.359. The molecule has 1 fully saturated rings. The van der Waals surface area contributed by atoms with Crippen LogP contribution in [0, 0.1) is 13.8 Å². The lowest BCUT2D eigenvalue weighted by molar-refractivity contribution is -0.117. The third-order valence-corrected chi connectivity index (χ3v) is 5.37. The summed E-state index contributed by atoms with van der Waals surface area (Å²) >= 11 is 6.88. The zero-order valence-electron chi connectivity index (χ0n) is 15.4. The van der Waals surface area contributed by atoms with E-state index in [0.717, 1.165) is 15.6 Å². The lowest BCUT2D eigenvalue weighted by Gasteiger charge is -2.16. The van der Waals surface area contributed by atoms with E-state index in [0.29, 0.717) is 28.1 Å². The number of hydrazine groups is 1. The van der Waals surface area contributed by atoms with Crippen LogP contribution in [0.3, 0.4) is 0 Å². The van der Waals surface area contributed by atoms with E-state index in [4.69, 9.17) is 4.74 Å². The van der Waals surface area contributed by atoms with Crippen molar-refractivity contribution in [1.29, 1.82) is 0 Å². The smallest absolute Gasteiger partial charge is 0.282 e. The van der Waals surface area contributed by atoms with Crippen molar-refractivity contribution in [3.05, 3.63) is 74.2 Å². The molecule has 1 aliphatic heterocycles. The minimum absolute atomic E-state index is 0.0340. The van der Waals surface area contributed by atoms with Gasteiger partial charge in [0.1, 0.15) is 17.9 Å². The van der Waals surface area contributed by atoms with Crippen LogP contribution < -0.4 is 15.2 Å². The van der Waals surface area contributed by atoms with Crippen molar-refractivity contribution in [2.45, 2.75) is 13.8 Å². The third kappa shape index (κ3) is 4.05. The Morgan fingerprint density at radius 1 is 1.14 bits per heavy atom. The van der Waals surface area contributed by atoms with Crippen molar-refractivity contribution < 1.29 is 14.3 Å². The number of nitrogens with one attached hydrogen (secondary N) is 1. The summed E-state index contributed by atoms with van der Waals surface area (Å²) in [5, 5.41) is 1.26. The first-order valence-corrected chi connectivity index (χ1v) is 10.1. The highest BCUT2D eigenvalue weighted by atomic mass is 79.9. The number of benzene rings is 2. The number of hydrogen-bond donors (Lipinski definition) is 1. The maximum absolute atomic E-state index is 12.9. The lowest BCUT2D eigenvalue weighted by Crippen LogP contribution is -2.35. The number of amides is 2. The average molecular weight is 506 g/mol. The van der Waals surface area contributed by atoms with Crippen molar-refractivity contribution in [2.75, 3.05) is 11.6 Å². The van der Waals surface area contributed by atoms with Crippen molar-refractivity contribution in [3.8, 4) is 5.75 Å². The molecule has 5 nitrogen and oxygen atoms in total. The molecule has 0 saturated carbocycles. The van der Waals surface area contributed by atoms with E-state index >= 15 is 0 Å². The number of halogens is 2. The van der Waals surface area contributed by atoms with E-state index in [1.54, 1.807) is 18.2 Å². The van der Waals surface area contributed by atoms with Crippen molar-refractivity contribution in [2.24, 2.45) is 0 Å². The minimum atomic E-state index is -0.464. The molecule has 28 heavy (non-hydrogen) atoms. The largest absolute Gasteiger partial charge is 0.488 e. The van der Waals surface area contributed by atoms with E-state index in [1.807, 2.05) is 32.0 Å².